The molecule has 0 aliphatic rings. The van der Waals surface area contributed by atoms with Crippen molar-refractivity contribution in [1.82, 2.24) is 10.2 Å². The van der Waals surface area contributed by atoms with Crippen LogP contribution >= 0.6 is 0 Å². The van der Waals surface area contributed by atoms with Gasteiger partial charge < -0.3 is 14.8 Å². The van der Waals surface area contributed by atoms with Crippen LogP contribution in [0.5, 0.6) is 11.5 Å². The molecule has 1 aromatic carbocycles. The van der Waals surface area contributed by atoms with Crippen molar-refractivity contribution >= 4 is 21.7 Å². The molecule has 0 spiro atoms. The lowest BCUT2D eigenvalue weighted by atomic mass is 10.3. The first kappa shape index (κ1) is 17.8. The van der Waals surface area contributed by atoms with E-state index in [0.29, 0.717) is 11.6 Å². The van der Waals surface area contributed by atoms with Crippen molar-refractivity contribution in [3.05, 3.63) is 30.3 Å². The molecule has 0 bridgehead atoms. The third kappa shape index (κ3) is 4.25. The Balaban J connectivity index is 2.25. The van der Waals surface area contributed by atoms with Gasteiger partial charge in [-0.15, -0.1) is 10.2 Å². The number of benzene rings is 1. The lowest BCUT2D eigenvalue weighted by Gasteiger charge is -2.12. The first-order valence-electron chi connectivity index (χ1n) is 7.21. The fourth-order valence-corrected chi connectivity index (χ4v) is 3.10. The Labute approximate surface area is 141 Å². The predicted molar refractivity (Wildman–Crippen MR) is 91.1 cm³/mol. The number of nitrogens with zero attached hydrogens (tertiary/aromatic N) is 2. The Hall–Kier alpha value is -2.55. The van der Waals surface area contributed by atoms with E-state index in [2.05, 4.69) is 20.2 Å². The first-order valence-corrected chi connectivity index (χ1v) is 8.69. The Kier molecular flexibility index (Phi) is 5.45. The van der Waals surface area contributed by atoms with Crippen LogP contribution in [0.1, 0.15) is 13.8 Å². The Morgan fingerprint density at radius 1 is 1.00 bits per heavy atom. The highest BCUT2D eigenvalue weighted by Gasteiger charge is 2.21. The third-order valence-electron chi connectivity index (χ3n) is 3.00. The minimum atomic E-state index is -3.87. The molecule has 2 N–H and O–H groups in total. The van der Waals surface area contributed by atoms with Crippen LogP contribution in [0.4, 0.5) is 11.6 Å². The third-order valence-corrected chi connectivity index (χ3v) is 4.39. The zero-order valence-electron chi connectivity index (χ0n) is 13.9. The molecule has 0 atom stereocenters. The maximum atomic E-state index is 12.5. The average molecular weight is 352 g/mol. The van der Waals surface area contributed by atoms with Crippen LogP contribution in [0.3, 0.4) is 0 Å². The number of nitrogens with one attached hydrogen (secondary N) is 2. The normalized spacial score (nSPS) is 11.2. The quantitative estimate of drug-likeness (QED) is 0.787. The van der Waals surface area contributed by atoms with Crippen LogP contribution in [0.15, 0.2) is 35.2 Å². The number of methoxy groups -OCH3 is 2. The molecular formula is C15H20N4O4S. The molecular weight excluding hydrogens is 332 g/mol. The van der Waals surface area contributed by atoms with E-state index in [-0.39, 0.29) is 22.5 Å². The highest BCUT2D eigenvalue weighted by molar-refractivity contribution is 7.92. The van der Waals surface area contributed by atoms with Gasteiger partial charge in [-0.05, 0) is 38.1 Å². The number of hydrogen-bond acceptors (Lipinski definition) is 7. The van der Waals surface area contributed by atoms with Gasteiger partial charge in [-0.3, -0.25) is 4.72 Å². The molecule has 0 saturated carbocycles. The molecule has 8 nitrogen and oxygen atoms in total. The summed E-state index contributed by atoms with van der Waals surface area (Å²) in [6.07, 6.45) is 0. The van der Waals surface area contributed by atoms with Crippen molar-refractivity contribution in [2.75, 3.05) is 24.3 Å². The molecule has 9 heteroatoms. The number of ether oxygens (including phenoxy) is 2. The maximum absolute atomic E-state index is 12.5. The molecule has 0 aliphatic heterocycles. The molecule has 2 aromatic rings. The molecule has 1 aromatic heterocycles. The summed E-state index contributed by atoms with van der Waals surface area (Å²) in [6.45, 7) is 3.93. The number of sulfonamides is 1. The number of hydrogen-bond donors (Lipinski definition) is 2. The highest BCUT2D eigenvalue weighted by Crippen LogP contribution is 2.29. The topological polar surface area (TPSA) is 102 Å². The van der Waals surface area contributed by atoms with E-state index in [4.69, 9.17) is 9.47 Å². The van der Waals surface area contributed by atoms with Gasteiger partial charge in [0.1, 0.15) is 22.2 Å². The van der Waals surface area contributed by atoms with E-state index in [9.17, 15) is 8.42 Å². The number of aromatic nitrogens is 2. The summed E-state index contributed by atoms with van der Waals surface area (Å²) < 4.78 is 37.6. The molecule has 1 heterocycles. The fourth-order valence-electron chi connectivity index (χ4n) is 1.95. The van der Waals surface area contributed by atoms with Crippen molar-refractivity contribution in [1.29, 1.82) is 0 Å². The number of rotatable bonds is 7. The van der Waals surface area contributed by atoms with Gasteiger partial charge in [0.15, 0.2) is 5.82 Å². The lowest BCUT2D eigenvalue weighted by Crippen LogP contribution is -2.16. The first-order chi connectivity index (χ1) is 11.4. The largest absolute Gasteiger partial charge is 0.497 e. The van der Waals surface area contributed by atoms with E-state index in [1.54, 1.807) is 12.1 Å². The molecule has 0 amide bonds. The highest BCUT2D eigenvalue weighted by atomic mass is 32.2. The minimum Gasteiger partial charge on any atom is -0.497 e. The van der Waals surface area contributed by atoms with Gasteiger partial charge in [-0.25, -0.2) is 8.42 Å². The second-order valence-electron chi connectivity index (χ2n) is 5.23. The summed E-state index contributed by atoms with van der Waals surface area (Å²) in [5.74, 6) is 1.35. The minimum absolute atomic E-state index is 0.0167. The predicted octanol–water partition coefficient (Wildman–Crippen LogP) is 2.11. The average Bonchev–Trinajstić information content (AvgIpc) is 2.55. The van der Waals surface area contributed by atoms with Gasteiger partial charge >= 0.3 is 0 Å². The van der Waals surface area contributed by atoms with Gasteiger partial charge in [0.05, 0.1) is 14.2 Å². The Morgan fingerprint density at radius 3 is 2.21 bits per heavy atom. The Bertz CT molecular complexity index is 792. The van der Waals surface area contributed by atoms with Gasteiger partial charge in [-0.1, -0.05) is 0 Å². The Morgan fingerprint density at radius 2 is 1.67 bits per heavy atom. The second-order valence-corrected chi connectivity index (χ2v) is 6.88. The summed E-state index contributed by atoms with van der Waals surface area (Å²) in [7, 11) is -0.992. The fraction of sp³-hybridized carbons (Fsp3) is 0.333. The number of anilines is 2. The van der Waals surface area contributed by atoms with Crippen molar-refractivity contribution < 1.29 is 17.9 Å². The van der Waals surface area contributed by atoms with Gasteiger partial charge in [0.25, 0.3) is 10.0 Å². The van der Waals surface area contributed by atoms with Crippen LogP contribution in [-0.2, 0) is 10.0 Å². The van der Waals surface area contributed by atoms with Crippen LogP contribution in [-0.4, -0.2) is 38.9 Å². The molecule has 0 aliphatic carbocycles. The van der Waals surface area contributed by atoms with E-state index in [1.165, 1.54) is 32.4 Å². The molecule has 0 saturated heterocycles. The van der Waals surface area contributed by atoms with E-state index in [1.807, 2.05) is 13.8 Å². The lowest BCUT2D eigenvalue weighted by molar-refractivity contribution is 0.386. The molecule has 0 radical (unpaired) electrons. The summed E-state index contributed by atoms with van der Waals surface area (Å²) in [5.41, 5.74) is 0. The maximum Gasteiger partial charge on any atom is 0.266 e. The van der Waals surface area contributed by atoms with Crippen LogP contribution in [0.25, 0.3) is 0 Å². The zero-order chi connectivity index (χ0) is 17.7. The van der Waals surface area contributed by atoms with Gasteiger partial charge in [0.2, 0.25) is 0 Å². The standard InChI is InChI=1S/C15H20N4O4S/c1-10(2)16-14-7-8-15(18-17-14)19-24(20,21)13-6-5-11(22-3)9-12(13)23-4/h5-10H,1-4H3,(H,16,17)(H,18,19). The van der Waals surface area contributed by atoms with Crippen LogP contribution in [0, 0.1) is 0 Å². The summed E-state index contributed by atoms with van der Waals surface area (Å²) in [6, 6.07) is 7.82. The zero-order valence-corrected chi connectivity index (χ0v) is 14.7. The van der Waals surface area contributed by atoms with Gasteiger partial charge in [-0.2, -0.15) is 0 Å². The van der Waals surface area contributed by atoms with Crippen molar-refractivity contribution in [2.24, 2.45) is 0 Å². The van der Waals surface area contributed by atoms with Crippen molar-refractivity contribution in [3.63, 3.8) is 0 Å². The molecule has 130 valence electrons. The van der Waals surface area contributed by atoms with Crippen molar-refractivity contribution in [3.8, 4) is 11.5 Å². The molecule has 2 rings (SSSR count). The SMILES string of the molecule is COc1ccc(S(=O)(=O)Nc2ccc(NC(C)C)nn2)c(OC)c1. The molecule has 0 unspecified atom stereocenters. The van der Waals surface area contributed by atoms with Gasteiger partial charge in [0, 0.05) is 12.1 Å². The smallest absolute Gasteiger partial charge is 0.266 e. The van der Waals surface area contributed by atoms with Crippen LogP contribution < -0.4 is 19.5 Å². The van der Waals surface area contributed by atoms with Crippen LogP contribution in [0.2, 0.25) is 0 Å². The monoisotopic (exact) mass is 352 g/mol. The molecule has 0 fully saturated rings. The van der Waals surface area contributed by atoms with Crippen molar-refractivity contribution in [2.45, 2.75) is 24.8 Å². The second kappa shape index (κ2) is 7.35. The van der Waals surface area contributed by atoms with E-state index < -0.39 is 10.0 Å². The summed E-state index contributed by atoms with van der Waals surface area (Å²) in [5, 5.41) is 10.9. The summed E-state index contributed by atoms with van der Waals surface area (Å²) in [4.78, 5) is -0.0167. The van der Waals surface area contributed by atoms with E-state index in [0.717, 1.165) is 0 Å². The summed E-state index contributed by atoms with van der Waals surface area (Å²) >= 11 is 0. The van der Waals surface area contributed by atoms with E-state index >= 15 is 0 Å². The molecule has 24 heavy (non-hydrogen) atoms.